The number of nitrogens with zero attached hydrogens (tertiary/aromatic N) is 5. The number of carbonyl (C=O) groups is 1. The van der Waals surface area contributed by atoms with Crippen LogP contribution in [0.1, 0.15) is 35.7 Å². The van der Waals surface area contributed by atoms with Gasteiger partial charge in [-0.05, 0) is 36.5 Å². The highest BCUT2D eigenvalue weighted by Crippen LogP contribution is 2.30. The third-order valence-electron chi connectivity index (χ3n) is 4.39. The molecule has 4 rings (SSSR count). The molecule has 4 aromatic rings. The highest BCUT2D eigenvalue weighted by Gasteiger charge is 2.18. The van der Waals surface area contributed by atoms with Gasteiger partial charge in [-0.2, -0.15) is 9.47 Å². The number of benzene rings is 1. The number of amides is 1. The number of aromatic nitrogens is 5. The Bertz CT molecular complexity index is 1160. The maximum atomic E-state index is 12.3. The van der Waals surface area contributed by atoms with Crippen molar-refractivity contribution in [1.29, 1.82) is 0 Å². The van der Waals surface area contributed by atoms with Crippen molar-refractivity contribution in [3.05, 3.63) is 56.9 Å². The third kappa shape index (κ3) is 3.83. The summed E-state index contributed by atoms with van der Waals surface area (Å²) in [5, 5.41) is 7.54. The predicted octanol–water partition coefficient (Wildman–Crippen LogP) is 4.93. The maximum Gasteiger partial charge on any atom is 0.276 e. The first-order valence-electron chi connectivity index (χ1n) is 8.97. The van der Waals surface area contributed by atoms with Crippen LogP contribution in [0.5, 0.6) is 0 Å². The van der Waals surface area contributed by atoms with E-state index in [9.17, 15) is 4.79 Å². The van der Waals surface area contributed by atoms with Crippen molar-refractivity contribution < 1.29 is 4.79 Å². The summed E-state index contributed by atoms with van der Waals surface area (Å²) < 4.78 is 5.96. The van der Waals surface area contributed by atoms with Gasteiger partial charge in [0.1, 0.15) is 9.36 Å². The molecule has 29 heavy (non-hydrogen) atoms. The molecule has 0 fully saturated rings. The van der Waals surface area contributed by atoms with Crippen molar-refractivity contribution in [2.45, 2.75) is 26.7 Å². The Morgan fingerprint density at radius 2 is 1.83 bits per heavy atom. The number of halogens is 2. The van der Waals surface area contributed by atoms with Crippen molar-refractivity contribution >= 4 is 52.1 Å². The second-order valence-corrected chi connectivity index (χ2v) is 7.99. The van der Waals surface area contributed by atoms with Gasteiger partial charge in [0, 0.05) is 11.3 Å². The van der Waals surface area contributed by atoms with Crippen LogP contribution in [0.4, 0.5) is 5.69 Å². The largest absolute Gasteiger partial charge is 0.321 e. The average molecular weight is 447 g/mol. The Morgan fingerprint density at radius 3 is 2.45 bits per heavy atom. The van der Waals surface area contributed by atoms with Gasteiger partial charge in [0.15, 0.2) is 5.69 Å². The summed E-state index contributed by atoms with van der Waals surface area (Å²) in [4.78, 5) is 21.5. The lowest BCUT2D eigenvalue weighted by molar-refractivity contribution is 0.102. The first-order chi connectivity index (χ1) is 14.0. The van der Waals surface area contributed by atoms with Gasteiger partial charge in [-0.3, -0.25) is 4.79 Å². The van der Waals surface area contributed by atoms with Crippen LogP contribution in [0.25, 0.3) is 17.0 Å². The van der Waals surface area contributed by atoms with Gasteiger partial charge >= 0.3 is 0 Å². The van der Waals surface area contributed by atoms with Crippen molar-refractivity contribution in [3.63, 3.8) is 0 Å². The molecule has 0 bridgehead atoms. The van der Waals surface area contributed by atoms with E-state index in [0.717, 1.165) is 47.0 Å². The monoisotopic (exact) mass is 446 g/mol. The fraction of sp³-hybridized carbons (Fsp3) is 0.211. The van der Waals surface area contributed by atoms with Crippen LogP contribution in [-0.2, 0) is 12.8 Å². The van der Waals surface area contributed by atoms with E-state index in [1.165, 1.54) is 0 Å². The SMILES string of the molecule is CCc1nc2nc(-c3ccc(NC(=O)c4nsc(Cl)c4Cl)cc3)cn2nc1CC. The van der Waals surface area contributed by atoms with Crippen LogP contribution in [0.2, 0.25) is 9.36 Å². The number of hydrogen-bond donors (Lipinski definition) is 1. The normalized spacial score (nSPS) is 11.2. The Labute approximate surface area is 180 Å². The molecule has 7 nitrogen and oxygen atoms in total. The molecule has 0 aliphatic carbocycles. The molecule has 1 N–H and O–H groups in total. The molecule has 3 heterocycles. The van der Waals surface area contributed by atoms with Crippen molar-refractivity contribution in [1.82, 2.24) is 24.0 Å². The van der Waals surface area contributed by atoms with Gasteiger partial charge in [0.25, 0.3) is 11.7 Å². The van der Waals surface area contributed by atoms with Gasteiger partial charge in [-0.25, -0.2) is 14.5 Å². The summed E-state index contributed by atoms with van der Waals surface area (Å²) in [5.74, 6) is 0.160. The second-order valence-electron chi connectivity index (χ2n) is 6.23. The molecule has 10 heteroatoms. The minimum Gasteiger partial charge on any atom is -0.321 e. The van der Waals surface area contributed by atoms with Crippen LogP contribution in [0.15, 0.2) is 30.5 Å². The molecule has 0 aliphatic rings. The van der Waals surface area contributed by atoms with Crippen molar-refractivity contribution in [3.8, 4) is 11.3 Å². The Hall–Kier alpha value is -2.55. The molecule has 0 aliphatic heterocycles. The molecule has 0 radical (unpaired) electrons. The van der Waals surface area contributed by atoms with Gasteiger partial charge in [-0.15, -0.1) is 0 Å². The average Bonchev–Trinajstić information content (AvgIpc) is 3.30. The van der Waals surface area contributed by atoms with E-state index in [2.05, 4.69) is 38.6 Å². The van der Waals surface area contributed by atoms with Crippen LogP contribution in [0.3, 0.4) is 0 Å². The Kier molecular flexibility index (Phi) is 5.49. The quantitative estimate of drug-likeness (QED) is 0.469. The minimum atomic E-state index is -0.411. The molecular weight excluding hydrogens is 431 g/mol. The molecule has 1 amide bonds. The summed E-state index contributed by atoms with van der Waals surface area (Å²) in [6, 6.07) is 7.31. The summed E-state index contributed by atoms with van der Waals surface area (Å²) in [6.07, 6.45) is 3.49. The molecule has 148 valence electrons. The van der Waals surface area contributed by atoms with Gasteiger partial charge in [0.2, 0.25) is 0 Å². The second kappa shape index (κ2) is 8.06. The van der Waals surface area contributed by atoms with Crippen LogP contribution < -0.4 is 5.32 Å². The van der Waals surface area contributed by atoms with Crippen molar-refractivity contribution in [2.75, 3.05) is 5.32 Å². The van der Waals surface area contributed by atoms with Crippen molar-refractivity contribution in [2.24, 2.45) is 0 Å². The zero-order valence-electron chi connectivity index (χ0n) is 15.6. The smallest absolute Gasteiger partial charge is 0.276 e. The lowest BCUT2D eigenvalue weighted by Crippen LogP contribution is -2.12. The van der Waals surface area contributed by atoms with E-state index in [4.69, 9.17) is 23.2 Å². The molecular formula is C19H16Cl2N6OS. The van der Waals surface area contributed by atoms with Crippen LogP contribution in [-0.4, -0.2) is 29.9 Å². The zero-order valence-corrected chi connectivity index (χ0v) is 17.9. The number of fused-ring (bicyclic) bond motifs is 1. The highest BCUT2D eigenvalue weighted by atomic mass is 35.5. The fourth-order valence-corrected chi connectivity index (χ4v) is 3.89. The van der Waals surface area contributed by atoms with E-state index in [0.29, 0.717) is 15.8 Å². The highest BCUT2D eigenvalue weighted by molar-refractivity contribution is 7.11. The third-order valence-corrected chi connectivity index (χ3v) is 6.00. The molecule has 3 aromatic heterocycles. The summed E-state index contributed by atoms with van der Waals surface area (Å²) in [6.45, 7) is 4.12. The van der Waals surface area contributed by atoms with Crippen LogP contribution >= 0.6 is 34.7 Å². The van der Waals surface area contributed by atoms with E-state index in [-0.39, 0.29) is 10.7 Å². The topological polar surface area (TPSA) is 85.1 Å². The Balaban J connectivity index is 1.57. The number of aryl methyl sites for hydroxylation is 2. The minimum absolute atomic E-state index is 0.113. The number of anilines is 1. The van der Waals surface area contributed by atoms with E-state index in [1.54, 1.807) is 16.6 Å². The number of imidazole rings is 1. The summed E-state index contributed by atoms with van der Waals surface area (Å²) >= 11 is 12.8. The molecule has 0 atom stereocenters. The molecule has 0 saturated carbocycles. The fourth-order valence-electron chi connectivity index (χ4n) is 2.90. The number of nitrogens with one attached hydrogen (secondary N) is 1. The summed E-state index contributed by atoms with van der Waals surface area (Å²) in [7, 11) is 0. The van der Waals surface area contributed by atoms with Gasteiger partial charge in [-0.1, -0.05) is 49.2 Å². The maximum absolute atomic E-state index is 12.3. The summed E-state index contributed by atoms with van der Waals surface area (Å²) in [5.41, 5.74) is 4.31. The Morgan fingerprint density at radius 1 is 1.10 bits per heavy atom. The van der Waals surface area contributed by atoms with E-state index < -0.39 is 5.91 Å². The van der Waals surface area contributed by atoms with E-state index >= 15 is 0 Å². The number of carbonyl (C=O) groups excluding carboxylic acids is 1. The molecule has 0 saturated heterocycles. The lowest BCUT2D eigenvalue weighted by atomic mass is 10.1. The van der Waals surface area contributed by atoms with Gasteiger partial charge in [0.05, 0.1) is 23.3 Å². The zero-order chi connectivity index (χ0) is 20.5. The molecule has 1 aromatic carbocycles. The first-order valence-corrected chi connectivity index (χ1v) is 10.5. The van der Waals surface area contributed by atoms with E-state index in [1.807, 2.05) is 18.3 Å². The first kappa shape index (κ1) is 19.8. The molecule has 0 spiro atoms. The molecule has 0 unspecified atom stereocenters. The standard InChI is InChI=1S/C19H16Cl2N6OS/c1-3-12-13(4-2)25-27-9-14(24-19(27)23-12)10-5-7-11(8-6-10)22-18(28)16-15(20)17(21)29-26-16/h5-9H,3-4H2,1-2H3,(H,22,28). The van der Waals surface area contributed by atoms with Crippen LogP contribution in [0, 0.1) is 0 Å². The van der Waals surface area contributed by atoms with Gasteiger partial charge < -0.3 is 5.32 Å². The number of hydrogen-bond acceptors (Lipinski definition) is 6. The predicted molar refractivity (Wildman–Crippen MR) is 115 cm³/mol. The number of rotatable bonds is 5. The lowest BCUT2D eigenvalue weighted by Gasteiger charge is -2.04.